The lowest BCUT2D eigenvalue weighted by atomic mass is 9.89. The van der Waals surface area contributed by atoms with Gasteiger partial charge in [0.1, 0.15) is 0 Å². The lowest BCUT2D eigenvalue weighted by molar-refractivity contribution is -0.135. The van der Waals surface area contributed by atoms with Crippen LogP contribution in [0.4, 0.5) is 5.69 Å². The Balaban J connectivity index is 1.65. The molecule has 1 aromatic carbocycles. The van der Waals surface area contributed by atoms with Crippen LogP contribution in [0.25, 0.3) is 0 Å². The summed E-state index contributed by atoms with van der Waals surface area (Å²) in [5.41, 5.74) is 2.59. The molecular weight excluding hydrogens is 302 g/mol. The molecule has 122 valence electrons. The van der Waals surface area contributed by atoms with Crippen molar-refractivity contribution in [1.82, 2.24) is 9.88 Å². The number of benzene rings is 1. The molecule has 2 aromatic rings. The van der Waals surface area contributed by atoms with E-state index in [1.165, 1.54) is 0 Å². The Bertz CT molecular complexity index is 775. The topological polar surface area (TPSA) is 62.3 Å². The molecule has 1 fully saturated rings. The molecule has 0 saturated carbocycles. The van der Waals surface area contributed by atoms with Crippen LogP contribution < -0.4 is 5.32 Å². The number of pyridine rings is 1. The Hall–Kier alpha value is -2.69. The molecule has 4 rings (SSSR count). The zero-order valence-corrected chi connectivity index (χ0v) is 13.3. The summed E-state index contributed by atoms with van der Waals surface area (Å²) in [6, 6.07) is 13.4. The first-order valence-corrected chi connectivity index (χ1v) is 8.34. The fourth-order valence-electron chi connectivity index (χ4n) is 3.74. The van der Waals surface area contributed by atoms with Crippen molar-refractivity contribution in [3.8, 4) is 0 Å². The molecule has 0 bridgehead atoms. The molecule has 2 atom stereocenters. The van der Waals surface area contributed by atoms with E-state index < -0.39 is 5.92 Å². The summed E-state index contributed by atoms with van der Waals surface area (Å²) in [5, 5.41) is 2.86. The van der Waals surface area contributed by atoms with Crippen molar-refractivity contribution in [2.24, 2.45) is 0 Å². The fourth-order valence-corrected chi connectivity index (χ4v) is 3.74. The average Bonchev–Trinajstić information content (AvgIpc) is 3.11. The Kier molecular flexibility index (Phi) is 3.76. The van der Waals surface area contributed by atoms with Gasteiger partial charge in [0, 0.05) is 24.8 Å². The number of carbonyl (C=O) groups is 2. The van der Waals surface area contributed by atoms with Crippen molar-refractivity contribution in [1.29, 1.82) is 0 Å². The molecule has 5 nitrogen and oxygen atoms in total. The molecule has 24 heavy (non-hydrogen) atoms. The first-order chi connectivity index (χ1) is 11.7. The molecule has 5 heteroatoms. The second-order valence-corrected chi connectivity index (χ2v) is 6.34. The summed E-state index contributed by atoms with van der Waals surface area (Å²) < 4.78 is 0. The average molecular weight is 321 g/mol. The first-order valence-electron chi connectivity index (χ1n) is 8.34. The van der Waals surface area contributed by atoms with Gasteiger partial charge in [-0.1, -0.05) is 24.3 Å². The number of anilines is 1. The molecule has 2 aliphatic heterocycles. The Morgan fingerprint density at radius 2 is 2.00 bits per heavy atom. The van der Waals surface area contributed by atoms with Gasteiger partial charge in [0.25, 0.3) is 0 Å². The molecule has 2 amide bonds. The largest absolute Gasteiger partial charge is 0.334 e. The van der Waals surface area contributed by atoms with E-state index in [0.29, 0.717) is 0 Å². The van der Waals surface area contributed by atoms with Crippen molar-refractivity contribution in [3.63, 3.8) is 0 Å². The van der Waals surface area contributed by atoms with E-state index in [2.05, 4.69) is 10.3 Å². The van der Waals surface area contributed by atoms with Crippen LogP contribution in [-0.2, 0) is 9.59 Å². The third-order valence-corrected chi connectivity index (χ3v) is 4.86. The predicted octanol–water partition coefficient (Wildman–Crippen LogP) is 2.87. The number of amides is 2. The third-order valence-electron chi connectivity index (χ3n) is 4.86. The number of aromatic nitrogens is 1. The van der Waals surface area contributed by atoms with Crippen molar-refractivity contribution >= 4 is 17.5 Å². The molecule has 2 aliphatic rings. The van der Waals surface area contributed by atoms with Gasteiger partial charge in [-0.05, 0) is 36.6 Å². The first kappa shape index (κ1) is 14.9. The monoisotopic (exact) mass is 321 g/mol. The van der Waals surface area contributed by atoms with Crippen LogP contribution in [0.5, 0.6) is 0 Å². The van der Waals surface area contributed by atoms with Gasteiger partial charge in [-0.25, -0.2) is 0 Å². The maximum absolute atomic E-state index is 13.2. The van der Waals surface area contributed by atoms with E-state index in [0.717, 1.165) is 36.3 Å². The summed E-state index contributed by atoms with van der Waals surface area (Å²) in [6.07, 6.45) is 3.86. The number of likely N-dealkylation sites (tertiary alicyclic amines) is 1. The van der Waals surface area contributed by atoms with Crippen molar-refractivity contribution < 1.29 is 9.59 Å². The number of nitrogens with one attached hydrogen (secondary N) is 1. The molecule has 1 aromatic heterocycles. The smallest absolute Gasteiger partial charge is 0.231 e. The maximum Gasteiger partial charge on any atom is 0.231 e. The minimum atomic E-state index is -0.403. The van der Waals surface area contributed by atoms with Crippen LogP contribution in [0.2, 0.25) is 0 Å². The highest BCUT2D eigenvalue weighted by molar-refractivity contribution is 6.01. The maximum atomic E-state index is 13.2. The number of fused-ring (bicyclic) bond motifs is 1. The van der Waals surface area contributed by atoms with Crippen LogP contribution in [-0.4, -0.2) is 28.2 Å². The number of rotatable bonds is 2. The number of carbonyl (C=O) groups excluding carboxylic acids is 2. The second kappa shape index (κ2) is 6.07. The van der Waals surface area contributed by atoms with Crippen LogP contribution >= 0.6 is 0 Å². The van der Waals surface area contributed by atoms with E-state index in [1.54, 1.807) is 6.20 Å². The van der Waals surface area contributed by atoms with Gasteiger partial charge in [-0.2, -0.15) is 0 Å². The van der Waals surface area contributed by atoms with Gasteiger partial charge in [0.05, 0.1) is 17.7 Å². The van der Waals surface area contributed by atoms with Crippen molar-refractivity contribution in [2.45, 2.75) is 31.2 Å². The standard InChI is InChI=1S/C19H19N3O2/c23-18-12-14(13-6-1-2-7-15(13)21-18)19(24)22-11-5-9-17(22)16-8-3-4-10-20-16/h1-4,6-8,10,14,17H,5,9,11-12H2,(H,21,23)/t14-,17-/m1/s1. The normalized spacial score (nSPS) is 22.8. The van der Waals surface area contributed by atoms with Gasteiger partial charge in [-0.3, -0.25) is 14.6 Å². The summed E-state index contributed by atoms with van der Waals surface area (Å²) in [5.74, 6) is -0.467. The number of nitrogens with zero attached hydrogens (tertiary/aromatic N) is 2. The summed E-state index contributed by atoms with van der Waals surface area (Å²) >= 11 is 0. The highest BCUT2D eigenvalue weighted by Gasteiger charge is 2.38. The van der Waals surface area contributed by atoms with Gasteiger partial charge >= 0.3 is 0 Å². The van der Waals surface area contributed by atoms with Crippen LogP contribution in [0, 0.1) is 0 Å². The Morgan fingerprint density at radius 3 is 2.83 bits per heavy atom. The van der Waals surface area contributed by atoms with Gasteiger partial charge in [0.2, 0.25) is 11.8 Å². The molecule has 0 spiro atoms. The number of hydrogen-bond acceptors (Lipinski definition) is 3. The minimum absolute atomic E-state index is 0.0100. The molecule has 0 aliphatic carbocycles. The lowest BCUT2D eigenvalue weighted by Gasteiger charge is -2.31. The van der Waals surface area contributed by atoms with Crippen LogP contribution in [0.15, 0.2) is 48.7 Å². The SMILES string of the molecule is O=C1C[C@@H](C(=O)N2CCC[C@@H]2c2ccccn2)c2ccccc2N1. The van der Waals surface area contributed by atoms with Crippen LogP contribution in [0.1, 0.15) is 42.5 Å². The second-order valence-electron chi connectivity index (χ2n) is 6.34. The molecule has 1 N–H and O–H groups in total. The highest BCUT2D eigenvalue weighted by Crippen LogP contribution is 2.38. The highest BCUT2D eigenvalue weighted by atomic mass is 16.2. The predicted molar refractivity (Wildman–Crippen MR) is 90.4 cm³/mol. The third kappa shape index (κ3) is 2.56. The van der Waals surface area contributed by atoms with Gasteiger partial charge in [-0.15, -0.1) is 0 Å². The Labute approximate surface area is 140 Å². The van der Waals surface area contributed by atoms with E-state index in [1.807, 2.05) is 47.4 Å². The molecule has 0 unspecified atom stereocenters. The minimum Gasteiger partial charge on any atom is -0.334 e. The van der Waals surface area contributed by atoms with Crippen molar-refractivity contribution in [2.75, 3.05) is 11.9 Å². The van der Waals surface area contributed by atoms with E-state index in [4.69, 9.17) is 0 Å². The summed E-state index contributed by atoms with van der Waals surface area (Å²) in [4.78, 5) is 31.6. The quantitative estimate of drug-likeness (QED) is 0.925. The van der Waals surface area contributed by atoms with Gasteiger partial charge in [0.15, 0.2) is 0 Å². The zero-order valence-electron chi connectivity index (χ0n) is 13.3. The van der Waals surface area contributed by atoms with E-state index in [9.17, 15) is 9.59 Å². The fraction of sp³-hybridized carbons (Fsp3) is 0.316. The molecular formula is C19H19N3O2. The molecule has 0 radical (unpaired) electrons. The van der Waals surface area contributed by atoms with Gasteiger partial charge < -0.3 is 10.2 Å². The van der Waals surface area contributed by atoms with E-state index >= 15 is 0 Å². The van der Waals surface area contributed by atoms with Crippen LogP contribution in [0.3, 0.4) is 0 Å². The number of hydrogen-bond donors (Lipinski definition) is 1. The zero-order chi connectivity index (χ0) is 16.5. The lowest BCUT2D eigenvalue weighted by Crippen LogP contribution is -2.38. The van der Waals surface area contributed by atoms with E-state index in [-0.39, 0.29) is 24.3 Å². The number of para-hydroxylation sites is 1. The summed E-state index contributed by atoms with van der Waals surface area (Å²) in [7, 11) is 0. The summed E-state index contributed by atoms with van der Waals surface area (Å²) in [6.45, 7) is 0.723. The molecule has 1 saturated heterocycles. The van der Waals surface area contributed by atoms with Crippen molar-refractivity contribution in [3.05, 3.63) is 59.9 Å². The Morgan fingerprint density at radius 1 is 1.17 bits per heavy atom. The molecule has 3 heterocycles.